The number of aryl methyl sites for hydroxylation is 1. The lowest BCUT2D eigenvalue weighted by Crippen LogP contribution is -2.40. The number of benzene rings is 1. The van der Waals surface area contributed by atoms with Gasteiger partial charge >= 0.3 is 0 Å². The fourth-order valence-corrected chi connectivity index (χ4v) is 1.70. The molecule has 4 heteroatoms. The third-order valence-corrected chi connectivity index (χ3v) is 2.76. The molecule has 0 saturated carbocycles. The Kier molecular flexibility index (Phi) is 3.41. The Labute approximate surface area is 96.1 Å². The second-order valence-electron chi connectivity index (χ2n) is 4.06. The van der Waals surface area contributed by atoms with Crippen LogP contribution in [0, 0.1) is 6.92 Å². The molecule has 16 heavy (non-hydrogen) atoms. The van der Waals surface area contributed by atoms with Crippen molar-refractivity contribution in [3.8, 4) is 0 Å². The highest BCUT2D eigenvalue weighted by Gasteiger charge is 2.05. The Balaban J connectivity index is 2.02. The highest BCUT2D eigenvalue weighted by molar-refractivity contribution is 5.80. The number of rotatable bonds is 2. The molecule has 0 aromatic heterocycles. The van der Waals surface area contributed by atoms with Gasteiger partial charge in [-0.2, -0.15) is 5.10 Å². The van der Waals surface area contributed by atoms with E-state index in [1.807, 2.05) is 25.3 Å². The van der Waals surface area contributed by atoms with Gasteiger partial charge in [0, 0.05) is 31.9 Å². The van der Waals surface area contributed by atoms with Crippen LogP contribution in [-0.2, 0) is 0 Å². The molecule has 3 N–H and O–H groups in total. The van der Waals surface area contributed by atoms with Crippen LogP contribution in [0.4, 0.5) is 5.69 Å². The summed E-state index contributed by atoms with van der Waals surface area (Å²) in [5.41, 5.74) is 8.80. The summed E-state index contributed by atoms with van der Waals surface area (Å²) >= 11 is 0. The fourth-order valence-electron chi connectivity index (χ4n) is 1.70. The number of anilines is 1. The normalized spacial score (nSPS) is 16.9. The van der Waals surface area contributed by atoms with Crippen LogP contribution in [0.3, 0.4) is 0 Å². The van der Waals surface area contributed by atoms with Crippen molar-refractivity contribution in [1.29, 1.82) is 0 Å². The zero-order valence-corrected chi connectivity index (χ0v) is 9.61. The molecule has 0 unspecified atom stereocenters. The van der Waals surface area contributed by atoms with Crippen LogP contribution >= 0.6 is 0 Å². The first-order chi connectivity index (χ1) is 7.75. The molecule has 4 nitrogen and oxygen atoms in total. The van der Waals surface area contributed by atoms with Crippen LogP contribution < -0.4 is 11.1 Å². The Morgan fingerprint density at radius 1 is 1.38 bits per heavy atom. The van der Waals surface area contributed by atoms with Crippen LogP contribution in [0.15, 0.2) is 23.3 Å². The van der Waals surface area contributed by atoms with Crippen molar-refractivity contribution in [2.75, 3.05) is 31.9 Å². The van der Waals surface area contributed by atoms with Crippen LogP contribution in [0.25, 0.3) is 0 Å². The van der Waals surface area contributed by atoms with E-state index in [0.717, 1.165) is 43.0 Å². The summed E-state index contributed by atoms with van der Waals surface area (Å²) < 4.78 is 0. The van der Waals surface area contributed by atoms with Gasteiger partial charge in [0.1, 0.15) is 0 Å². The van der Waals surface area contributed by atoms with Gasteiger partial charge in [-0.1, -0.05) is 6.07 Å². The smallest absolute Gasteiger partial charge is 0.0543 e. The zero-order valence-electron chi connectivity index (χ0n) is 9.61. The summed E-state index contributed by atoms with van der Waals surface area (Å²) in [7, 11) is 0. The quantitative estimate of drug-likeness (QED) is 0.570. The Morgan fingerprint density at radius 3 is 2.81 bits per heavy atom. The molecule has 1 aliphatic heterocycles. The topological polar surface area (TPSA) is 53.6 Å². The van der Waals surface area contributed by atoms with Crippen molar-refractivity contribution >= 4 is 11.9 Å². The van der Waals surface area contributed by atoms with Crippen molar-refractivity contribution in [3.05, 3.63) is 29.3 Å². The number of nitrogens with two attached hydrogens (primary N) is 1. The number of nitrogens with zero attached hydrogens (tertiary/aromatic N) is 2. The van der Waals surface area contributed by atoms with Gasteiger partial charge in [-0.05, 0) is 30.2 Å². The maximum atomic E-state index is 5.76. The highest BCUT2D eigenvalue weighted by atomic mass is 15.5. The zero-order chi connectivity index (χ0) is 11.4. The lowest BCUT2D eigenvalue weighted by molar-refractivity contribution is 0.253. The molecular weight excluding hydrogens is 200 g/mol. The average Bonchev–Trinajstić information content (AvgIpc) is 2.32. The predicted octanol–water partition coefficient (Wildman–Crippen LogP) is 0.816. The third-order valence-electron chi connectivity index (χ3n) is 2.76. The molecule has 1 heterocycles. The number of hydrazone groups is 1. The van der Waals surface area contributed by atoms with Crippen molar-refractivity contribution in [1.82, 2.24) is 10.3 Å². The Morgan fingerprint density at radius 2 is 2.12 bits per heavy atom. The Hall–Kier alpha value is -1.55. The summed E-state index contributed by atoms with van der Waals surface area (Å²) in [5.74, 6) is 0. The minimum atomic E-state index is 0.833. The van der Waals surface area contributed by atoms with Gasteiger partial charge in [-0.15, -0.1) is 0 Å². The van der Waals surface area contributed by atoms with Crippen molar-refractivity contribution in [2.45, 2.75) is 6.92 Å². The molecule has 0 aliphatic carbocycles. The molecule has 0 radical (unpaired) electrons. The average molecular weight is 218 g/mol. The number of nitrogen functional groups attached to an aromatic ring is 1. The minimum Gasteiger partial charge on any atom is -0.399 e. The largest absolute Gasteiger partial charge is 0.399 e. The van der Waals surface area contributed by atoms with Crippen LogP contribution in [-0.4, -0.2) is 37.4 Å². The molecule has 0 atom stereocenters. The monoisotopic (exact) mass is 218 g/mol. The highest BCUT2D eigenvalue weighted by Crippen LogP contribution is 2.11. The standard InChI is InChI=1S/C12H18N4/c1-10-8-11(2-3-12(10)13)9-15-16-6-4-14-5-7-16/h2-3,8-9,14H,4-7,13H2,1H3/b15-9+. The number of hydrogen-bond acceptors (Lipinski definition) is 4. The van der Waals surface area contributed by atoms with Gasteiger partial charge in [-0.25, -0.2) is 0 Å². The third kappa shape index (κ3) is 2.73. The lowest BCUT2D eigenvalue weighted by Gasteiger charge is -2.24. The molecule has 86 valence electrons. The molecule has 1 fully saturated rings. The first-order valence-corrected chi connectivity index (χ1v) is 5.61. The Bertz CT molecular complexity index is 381. The van der Waals surface area contributed by atoms with E-state index in [1.165, 1.54) is 0 Å². The molecule has 0 bridgehead atoms. The maximum absolute atomic E-state index is 5.76. The second kappa shape index (κ2) is 4.99. The fraction of sp³-hybridized carbons (Fsp3) is 0.417. The first-order valence-electron chi connectivity index (χ1n) is 5.61. The predicted molar refractivity (Wildman–Crippen MR) is 67.6 cm³/mol. The summed E-state index contributed by atoms with van der Waals surface area (Å²) in [6.45, 7) is 5.99. The summed E-state index contributed by atoms with van der Waals surface area (Å²) in [6, 6.07) is 5.98. The second-order valence-corrected chi connectivity index (χ2v) is 4.06. The first kappa shape index (κ1) is 11.0. The molecule has 2 rings (SSSR count). The van der Waals surface area contributed by atoms with Crippen LogP contribution in [0.2, 0.25) is 0 Å². The molecule has 0 spiro atoms. The molecular formula is C12H18N4. The molecule has 1 saturated heterocycles. The van der Waals surface area contributed by atoms with E-state index < -0.39 is 0 Å². The molecule has 1 aromatic carbocycles. The van der Waals surface area contributed by atoms with Gasteiger partial charge < -0.3 is 11.1 Å². The minimum absolute atomic E-state index is 0.833. The van der Waals surface area contributed by atoms with E-state index in [4.69, 9.17) is 5.73 Å². The summed E-state index contributed by atoms with van der Waals surface area (Å²) in [4.78, 5) is 0. The van der Waals surface area contributed by atoms with Crippen molar-refractivity contribution in [2.24, 2.45) is 5.10 Å². The molecule has 1 aromatic rings. The maximum Gasteiger partial charge on any atom is 0.0543 e. The van der Waals surface area contributed by atoms with E-state index in [9.17, 15) is 0 Å². The van der Waals surface area contributed by atoms with Gasteiger partial charge in [0.15, 0.2) is 0 Å². The van der Waals surface area contributed by atoms with E-state index in [2.05, 4.69) is 21.5 Å². The van der Waals surface area contributed by atoms with E-state index in [-0.39, 0.29) is 0 Å². The van der Waals surface area contributed by atoms with E-state index in [0.29, 0.717) is 0 Å². The van der Waals surface area contributed by atoms with Crippen LogP contribution in [0.5, 0.6) is 0 Å². The molecule has 1 aliphatic rings. The number of hydrogen-bond donors (Lipinski definition) is 2. The van der Waals surface area contributed by atoms with Crippen LogP contribution in [0.1, 0.15) is 11.1 Å². The summed E-state index contributed by atoms with van der Waals surface area (Å²) in [5, 5.41) is 9.83. The lowest BCUT2D eigenvalue weighted by atomic mass is 10.1. The number of nitrogens with one attached hydrogen (secondary N) is 1. The van der Waals surface area contributed by atoms with Crippen molar-refractivity contribution in [3.63, 3.8) is 0 Å². The van der Waals surface area contributed by atoms with Crippen molar-refractivity contribution < 1.29 is 0 Å². The van der Waals surface area contributed by atoms with Gasteiger partial charge in [0.05, 0.1) is 6.21 Å². The molecule has 0 amide bonds. The van der Waals surface area contributed by atoms with Gasteiger partial charge in [-0.3, -0.25) is 5.01 Å². The van der Waals surface area contributed by atoms with E-state index in [1.54, 1.807) is 0 Å². The number of piperazine rings is 1. The van der Waals surface area contributed by atoms with Gasteiger partial charge in [0.25, 0.3) is 0 Å². The van der Waals surface area contributed by atoms with E-state index >= 15 is 0 Å². The summed E-state index contributed by atoms with van der Waals surface area (Å²) in [6.07, 6.45) is 1.90. The SMILES string of the molecule is Cc1cc(/C=N/N2CCNCC2)ccc1N. The van der Waals surface area contributed by atoms with Gasteiger partial charge in [0.2, 0.25) is 0 Å².